The monoisotopic (exact) mass is 213 g/mol. The van der Waals surface area contributed by atoms with Gasteiger partial charge in [0, 0.05) is 6.54 Å². The van der Waals surface area contributed by atoms with Crippen molar-refractivity contribution in [2.24, 2.45) is 5.92 Å². The van der Waals surface area contributed by atoms with Gasteiger partial charge in [-0.3, -0.25) is 9.59 Å². The maximum absolute atomic E-state index is 11.3. The molecule has 0 aromatic heterocycles. The summed E-state index contributed by atoms with van der Waals surface area (Å²) in [7, 11) is 0. The molecule has 1 aliphatic carbocycles. The van der Waals surface area contributed by atoms with E-state index in [0.717, 1.165) is 0 Å². The summed E-state index contributed by atoms with van der Waals surface area (Å²) in [5.41, 5.74) is 0. The van der Waals surface area contributed by atoms with Crippen molar-refractivity contribution in [1.82, 2.24) is 5.32 Å². The van der Waals surface area contributed by atoms with Gasteiger partial charge in [0.15, 0.2) is 0 Å². The highest BCUT2D eigenvalue weighted by Crippen LogP contribution is 2.23. The van der Waals surface area contributed by atoms with Gasteiger partial charge in [-0.2, -0.15) is 0 Å². The third-order valence-electron chi connectivity index (χ3n) is 2.67. The van der Waals surface area contributed by atoms with E-state index in [2.05, 4.69) is 10.1 Å². The highest BCUT2D eigenvalue weighted by molar-refractivity contribution is 5.94. The molecule has 1 N–H and O–H groups in total. The molecular formula is C11H19NO3. The van der Waals surface area contributed by atoms with Crippen molar-refractivity contribution in [1.29, 1.82) is 0 Å². The molecule has 4 heteroatoms. The maximum Gasteiger partial charge on any atom is 0.315 e. The van der Waals surface area contributed by atoms with Crippen LogP contribution in [0.3, 0.4) is 0 Å². The molecule has 0 radical (unpaired) electrons. The van der Waals surface area contributed by atoms with Gasteiger partial charge in [-0.05, 0) is 25.7 Å². The minimum absolute atomic E-state index is 0.152. The summed E-state index contributed by atoms with van der Waals surface area (Å²) < 4.78 is 4.68. The number of rotatable bonds is 5. The quantitative estimate of drug-likeness (QED) is 0.552. The Labute approximate surface area is 90.4 Å². The average Bonchev–Trinajstić information content (AvgIpc) is 2.67. The predicted octanol–water partition coefficient (Wildman–Crippen LogP) is 1.25. The largest absolute Gasteiger partial charge is 0.466 e. The van der Waals surface area contributed by atoms with Crippen LogP contribution in [0, 0.1) is 5.92 Å². The Bertz CT molecular complexity index is 222. The van der Waals surface area contributed by atoms with E-state index in [1.807, 2.05) is 0 Å². The van der Waals surface area contributed by atoms with Gasteiger partial charge in [-0.1, -0.05) is 12.8 Å². The van der Waals surface area contributed by atoms with E-state index in [9.17, 15) is 9.59 Å². The van der Waals surface area contributed by atoms with E-state index in [1.54, 1.807) is 6.92 Å². The number of ether oxygens (including phenoxy) is 1. The Hall–Kier alpha value is -1.06. The number of hydrogen-bond donors (Lipinski definition) is 1. The third-order valence-corrected chi connectivity index (χ3v) is 2.67. The fourth-order valence-corrected chi connectivity index (χ4v) is 1.88. The predicted molar refractivity (Wildman–Crippen MR) is 56.2 cm³/mol. The number of esters is 1. The molecule has 1 amide bonds. The van der Waals surface area contributed by atoms with Crippen molar-refractivity contribution in [3.63, 3.8) is 0 Å². The Balaban J connectivity index is 2.09. The molecule has 0 unspecified atom stereocenters. The van der Waals surface area contributed by atoms with Crippen LogP contribution >= 0.6 is 0 Å². The molecule has 0 bridgehead atoms. The molecule has 0 saturated heterocycles. The molecule has 1 fully saturated rings. The lowest BCUT2D eigenvalue weighted by Crippen LogP contribution is -2.30. The zero-order valence-electron chi connectivity index (χ0n) is 9.25. The molecular weight excluding hydrogens is 194 g/mol. The number of carbonyl (C=O) groups excluding carboxylic acids is 2. The van der Waals surface area contributed by atoms with Crippen LogP contribution in [0.25, 0.3) is 0 Å². The van der Waals surface area contributed by atoms with Crippen molar-refractivity contribution in [2.75, 3.05) is 13.2 Å². The Morgan fingerprint density at radius 3 is 2.60 bits per heavy atom. The highest BCUT2D eigenvalue weighted by Gasteiger charge is 2.16. The van der Waals surface area contributed by atoms with Crippen LogP contribution in [-0.2, 0) is 14.3 Å². The van der Waals surface area contributed by atoms with Gasteiger partial charge in [0.05, 0.1) is 6.61 Å². The molecule has 0 heterocycles. The van der Waals surface area contributed by atoms with Crippen LogP contribution < -0.4 is 5.32 Å². The topological polar surface area (TPSA) is 55.4 Å². The van der Waals surface area contributed by atoms with Gasteiger partial charge >= 0.3 is 5.97 Å². The van der Waals surface area contributed by atoms with Gasteiger partial charge in [-0.15, -0.1) is 0 Å². The molecule has 1 aliphatic rings. The number of hydrogen-bond acceptors (Lipinski definition) is 3. The van der Waals surface area contributed by atoms with Crippen molar-refractivity contribution < 1.29 is 14.3 Å². The summed E-state index contributed by atoms with van der Waals surface area (Å²) in [6.07, 6.45) is 4.76. The summed E-state index contributed by atoms with van der Waals surface area (Å²) in [5, 5.41) is 2.77. The Morgan fingerprint density at radius 2 is 2.00 bits per heavy atom. The van der Waals surface area contributed by atoms with Gasteiger partial charge in [0.25, 0.3) is 0 Å². The van der Waals surface area contributed by atoms with Gasteiger partial charge in [-0.25, -0.2) is 0 Å². The van der Waals surface area contributed by atoms with E-state index in [1.165, 1.54) is 25.7 Å². The first-order valence-corrected chi connectivity index (χ1v) is 5.64. The van der Waals surface area contributed by atoms with E-state index >= 15 is 0 Å². The zero-order chi connectivity index (χ0) is 11.1. The first-order valence-electron chi connectivity index (χ1n) is 5.64. The summed E-state index contributed by atoms with van der Waals surface area (Å²) in [6, 6.07) is 0. The molecule has 1 saturated carbocycles. The summed E-state index contributed by atoms with van der Waals surface area (Å²) in [5.74, 6) is -0.0575. The smallest absolute Gasteiger partial charge is 0.315 e. The van der Waals surface area contributed by atoms with Gasteiger partial charge < -0.3 is 10.1 Å². The highest BCUT2D eigenvalue weighted by atomic mass is 16.5. The fraction of sp³-hybridized carbons (Fsp3) is 0.818. The standard InChI is InChI=1S/C11H19NO3/c1-2-15-11(14)7-10(13)12-8-9-5-3-4-6-9/h9H,2-8H2,1H3,(H,12,13). The average molecular weight is 213 g/mol. The number of nitrogens with one attached hydrogen (secondary N) is 1. The number of carbonyl (C=O) groups is 2. The van der Waals surface area contributed by atoms with Crippen LogP contribution in [-0.4, -0.2) is 25.0 Å². The molecule has 0 aromatic carbocycles. The van der Waals surface area contributed by atoms with Gasteiger partial charge in [0.1, 0.15) is 6.42 Å². The van der Waals surface area contributed by atoms with Gasteiger partial charge in [0.2, 0.25) is 5.91 Å². The molecule has 15 heavy (non-hydrogen) atoms. The molecule has 1 rings (SSSR count). The van der Waals surface area contributed by atoms with E-state index in [4.69, 9.17) is 0 Å². The molecule has 0 aromatic rings. The van der Waals surface area contributed by atoms with Crippen molar-refractivity contribution in [3.05, 3.63) is 0 Å². The molecule has 86 valence electrons. The molecule has 0 aliphatic heterocycles. The van der Waals surface area contributed by atoms with Crippen LogP contribution in [0.5, 0.6) is 0 Å². The number of amides is 1. The maximum atomic E-state index is 11.3. The SMILES string of the molecule is CCOC(=O)CC(=O)NCC1CCCC1. The zero-order valence-corrected chi connectivity index (χ0v) is 9.25. The van der Waals surface area contributed by atoms with Crippen molar-refractivity contribution in [3.8, 4) is 0 Å². The van der Waals surface area contributed by atoms with Crippen LogP contribution in [0.1, 0.15) is 39.0 Å². The van der Waals surface area contributed by atoms with Crippen LogP contribution in [0.15, 0.2) is 0 Å². The first-order chi connectivity index (χ1) is 7.22. The molecule has 0 spiro atoms. The summed E-state index contributed by atoms with van der Waals surface area (Å²) >= 11 is 0. The van der Waals surface area contributed by atoms with E-state index in [-0.39, 0.29) is 12.3 Å². The molecule has 0 atom stereocenters. The second-order valence-electron chi connectivity index (χ2n) is 3.94. The Kier molecular flexibility index (Phi) is 5.15. The second kappa shape index (κ2) is 6.43. The Morgan fingerprint density at radius 1 is 1.33 bits per heavy atom. The lowest BCUT2D eigenvalue weighted by Gasteiger charge is -2.09. The van der Waals surface area contributed by atoms with Crippen LogP contribution in [0.2, 0.25) is 0 Å². The molecule has 4 nitrogen and oxygen atoms in total. The van der Waals surface area contributed by atoms with E-state index in [0.29, 0.717) is 19.1 Å². The lowest BCUT2D eigenvalue weighted by molar-refractivity contribution is -0.145. The van der Waals surface area contributed by atoms with Crippen molar-refractivity contribution in [2.45, 2.75) is 39.0 Å². The second-order valence-corrected chi connectivity index (χ2v) is 3.94. The minimum atomic E-state index is -0.443. The summed E-state index contributed by atoms with van der Waals surface area (Å²) in [4.78, 5) is 22.2. The summed E-state index contributed by atoms with van der Waals surface area (Å²) in [6.45, 7) is 2.77. The normalized spacial score (nSPS) is 16.3. The minimum Gasteiger partial charge on any atom is -0.466 e. The van der Waals surface area contributed by atoms with Crippen molar-refractivity contribution >= 4 is 11.9 Å². The first kappa shape index (κ1) is 12.0. The fourth-order valence-electron chi connectivity index (χ4n) is 1.88. The van der Waals surface area contributed by atoms with Crippen LogP contribution in [0.4, 0.5) is 0 Å². The lowest BCUT2D eigenvalue weighted by atomic mass is 10.1. The van der Waals surface area contributed by atoms with E-state index < -0.39 is 5.97 Å². The third kappa shape index (κ3) is 4.81.